The van der Waals surface area contributed by atoms with Crippen molar-refractivity contribution < 1.29 is 9.59 Å². The molecule has 1 aromatic rings. The predicted octanol–water partition coefficient (Wildman–Crippen LogP) is 0.944. The van der Waals surface area contributed by atoms with Gasteiger partial charge < -0.3 is 16.0 Å². The zero-order valence-electron chi connectivity index (χ0n) is 8.90. The number of amides is 3. The van der Waals surface area contributed by atoms with E-state index in [0.717, 1.165) is 5.69 Å². The van der Waals surface area contributed by atoms with E-state index < -0.39 is 0 Å². The Morgan fingerprint density at radius 3 is 2.62 bits per heavy atom. The highest BCUT2D eigenvalue weighted by atomic mass is 16.2. The summed E-state index contributed by atoms with van der Waals surface area (Å²) < 4.78 is 0. The fourth-order valence-electron chi connectivity index (χ4n) is 1.15. The molecule has 0 atom stereocenters. The minimum atomic E-state index is -0.239. The lowest BCUT2D eigenvalue weighted by Gasteiger charge is -2.06. The van der Waals surface area contributed by atoms with Gasteiger partial charge in [-0.3, -0.25) is 4.79 Å². The molecule has 3 N–H and O–H groups in total. The smallest absolute Gasteiger partial charge is 0.319 e. The van der Waals surface area contributed by atoms with Gasteiger partial charge in [0.1, 0.15) is 0 Å². The predicted molar refractivity (Wildman–Crippen MR) is 62.1 cm³/mol. The number of anilines is 1. The number of hydrogen-bond acceptors (Lipinski definition) is 2. The first kappa shape index (κ1) is 12.0. The molecule has 5 heteroatoms. The Hall–Kier alpha value is -2.04. The number of benzene rings is 1. The Balaban J connectivity index is 2.14. The largest absolute Gasteiger partial charge is 0.359 e. The molecule has 1 aromatic carbocycles. The Morgan fingerprint density at radius 1 is 1.19 bits per heavy atom. The molecule has 0 aromatic heterocycles. The number of urea groups is 1. The minimum Gasteiger partial charge on any atom is -0.359 e. The SMILES string of the molecule is O=CNCCCNC(=O)Nc1ccccc1. The summed E-state index contributed by atoms with van der Waals surface area (Å²) in [5.74, 6) is 0. The number of para-hydroxylation sites is 1. The Morgan fingerprint density at radius 2 is 1.94 bits per heavy atom. The van der Waals surface area contributed by atoms with Crippen LogP contribution >= 0.6 is 0 Å². The van der Waals surface area contributed by atoms with E-state index in [1.54, 1.807) is 0 Å². The second-order valence-electron chi connectivity index (χ2n) is 3.17. The van der Waals surface area contributed by atoms with Crippen molar-refractivity contribution in [3.63, 3.8) is 0 Å². The summed E-state index contributed by atoms with van der Waals surface area (Å²) in [6.07, 6.45) is 1.35. The van der Waals surface area contributed by atoms with Crippen LogP contribution < -0.4 is 16.0 Å². The van der Waals surface area contributed by atoms with Crippen molar-refractivity contribution in [2.75, 3.05) is 18.4 Å². The van der Waals surface area contributed by atoms with Gasteiger partial charge in [0.15, 0.2) is 0 Å². The molecule has 0 aliphatic heterocycles. The minimum absolute atomic E-state index is 0.239. The second-order valence-corrected chi connectivity index (χ2v) is 3.17. The topological polar surface area (TPSA) is 70.2 Å². The molecule has 86 valence electrons. The van der Waals surface area contributed by atoms with Crippen molar-refractivity contribution in [1.29, 1.82) is 0 Å². The summed E-state index contributed by atoms with van der Waals surface area (Å²) in [7, 11) is 0. The van der Waals surface area contributed by atoms with Crippen LogP contribution in [0.4, 0.5) is 10.5 Å². The molecule has 0 spiro atoms. The quantitative estimate of drug-likeness (QED) is 0.494. The van der Waals surface area contributed by atoms with E-state index in [4.69, 9.17) is 0 Å². The van der Waals surface area contributed by atoms with Crippen LogP contribution in [0.15, 0.2) is 30.3 Å². The molecule has 0 saturated heterocycles. The van der Waals surface area contributed by atoms with Crippen LogP contribution in [-0.2, 0) is 4.79 Å². The normalized spacial score (nSPS) is 9.25. The third-order valence-corrected chi connectivity index (χ3v) is 1.90. The number of hydrogen-bond donors (Lipinski definition) is 3. The van der Waals surface area contributed by atoms with Gasteiger partial charge in [-0.2, -0.15) is 0 Å². The lowest BCUT2D eigenvalue weighted by molar-refractivity contribution is -0.109. The fraction of sp³-hybridized carbons (Fsp3) is 0.273. The van der Waals surface area contributed by atoms with Crippen LogP contribution in [0.25, 0.3) is 0 Å². The van der Waals surface area contributed by atoms with Gasteiger partial charge >= 0.3 is 6.03 Å². The standard InChI is InChI=1S/C11H15N3O2/c15-9-12-7-4-8-13-11(16)14-10-5-2-1-3-6-10/h1-3,5-6,9H,4,7-8H2,(H,12,15)(H2,13,14,16). The van der Waals surface area contributed by atoms with E-state index in [0.29, 0.717) is 25.9 Å². The first-order valence-electron chi connectivity index (χ1n) is 5.10. The maximum Gasteiger partial charge on any atom is 0.319 e. The van der Waals surface area contributed by atoms with Gasteiger partial charge in [-0.05, 0) is 18.6 Å². The maximum atomic E-state index is 11.3. The Kier molecular flexibility index (Phi) is 5.47. The number of carbonyl (C=O) groups is 2. The van der Waals surface area contributed by atoms with Crippen molar-refractivity contribution in [2.24, 2.45) is 0 Å². The van der Waals surface area contributed by atoms with E-state index >= 15 is 0 Å². The molecule has 0 aliphatic rings. The lowest BCUT2D eigenvalue weighted by Crippen LogP contribution is -2.31. The zero-order valence-corrected chi connectivity index (χ0v) is 8.90. The van der Waals surface area contributed by atoms with Gasteiger partial charge in [0.2, 0.25) is 6.41 Å². The van der Waals surface area contributed by atoms with Gasteiger partial charge in [0.05, 0.1) is 0 Å². The van der Waals surface area contributed by atoms with E-state index in [2.05, 4.69) is 16.0 Å². The van der Waals surface area contributed by atoms with E-state index in [1.807, 2.05) is 30.3 Å². The van der Waals surface area contributed by atoms with Crippen LogP contribution in [0.2, 0.25) is 0 Å². The van der Waals surface area contributed by atoms with Crippen molar-refractivity contribution in [2.45, 2.75) is 6.42 Å². The zero-order chi connectivity index (χ0) is 11.6. The molecule has 0 radical (unpaired) electrons. The molecule has 0 aliphatic carbocycles. The highest BCUT2D eigenvalue weighted by Gasteiger charge is 1.98. The van der Waals surface area contributed by atoms with E-state index in [1.165, 1.54) is 0 Å². The molecule has 0 saturated carbocycles. The van der Waals surface area contributed by atoms with Crippen molar-refractivity contribution >= 4 is 18.1 Å². The monoisotopic (exact) mass is 221 g/mol. The van der Waals surface area contributed by atoms with Gasteiger partial charge in [0.25, 0.3) is 0 Å². The molecule has 0 unspecified atom stereocenters. The van der Waals surface area contributed by atoms with Crippen molar-refractivity contribution in [3.8, 4) is 0 Å². The third kappa shape index (κ3) is 4.99. The highest BCUT2D eigenvalue weighted by Crippen LogP contribution is 2.03. The lowest BCUT2D eigenvalue weighted by atomic mass is 10.3. The summed E-state index contributed by atoms with van der Waals surface area (Å²) in [5.41, 5.74) is 0.756. The summed E-state index contributed by atoms with van der Waals surface area (Å²) >= 11 is 0. The molecular weight excluding hydrogens is 206 g/mol. The summed E-state index contributed by atoms with van der Waals surface area (Å²) in [6.45, 7) is 1.09. The van der Waals surface area contributed by atoms with Crippen molar-refractivity contribution in [1.82, 2.24) is 10.6 Å². The highest BCUT2D eigenvalue weighted by molar-refractivity contribution is 5.89. The number of nitrogens with one attached hydrogen (secondary N) is 3. The van der Waals surface area contributed by atoms with E-state index in [9.17, 15) is 9.59 Å². The Bertz CT molecular complexity index is 327. The van der Waals surface area contributed by atoms with Crippen LogP contribution in [0.1, 0.15) is 6.42 Å². The number of carbonyl (C=O) groups excluding carboxylic acids is 2. The van der Waals surface area contributed by atoms with Crippen molar-refractivity contribution in [3.05, 3.63) is 30.3 Å². The summed E-state index contributed by atoms with van der Waals surface area (Å²) in [6, 6.07) is 8.97. The molecule has 16 heavy (non-hydrogen) atoms. The Labute approximate surface area is 94.2 Å². The van der Waals surface area contributed by atoms with Crippen LogP contribution in [0.5, 0.6) is 0 Å². The number of rotatable bonds is 6. The summed E-state index contributed by atoms with van der Waals surface area (Å²) in [5, 5.41) is 7.90. The van der Waals surface area contributed by atoms with Gasteiger partial charge in [-0.25, -0.2) is 4.79 Å². The molecule has 0 fully saturated rings. The summed E-state index contributed by atoms with van der Waals surface area (Å²) in [4.78, 5) is 21.3. The molecule has 0 heterocycles. The van der Waals surface area contributed by atoms with E-state index in [-0.39, 0.29) is 6.03 Å². The fourth-order valence-corrected chi connectivity index (χ4v) is 1.15. The van der Waals surface area contributed by atoms with Gasteiger partial charge in [-0.15, -0.1) is 0 Å². The van der Waals surface area contributed by atoms with Crippen LogP contribution in [0.3, 0.4) is 0 Å². The first-order valence-corrected chi connectivity index (χ1v) is 5.10. The molecule has 1 rings (SSSR count). The van der Waals surface area contributed by atoms with Crippen LogP contribution in [-0.4, -0.2) is 25.5 Å². The average Bonchev–Trinajstić information content (AvgIpc) is 2.30. The maximum absolute atomic E-state index is 11.3. The molecule has 3 amide bonds. The molecule has 5 nitrogen and oxygen atoms in total. The molecular formula is C11H15N3O2. The van der Waals surface area contributed by atoms with Gasteiger partial charge in [-0.1, -0.05) is 18.2 Å². The third-order valence-electron chi connectivity index (χ3n) is 1.90. The average molecular weight is 221 g/mol. The molecule has 0 bridgehead atoms. The van der Waals surface area contributed by atoms with Gasteiger partial charge in [0, 0.05) is 18.8 Å². The first-order chi connectivity index (χ1) is 7.83. The second kappa shape index (κ2) is 7.28. The van der Waals surface area contributed by atoms with Crippen LogP contribution in [0, 0.1) is 0 Å².